The first-order chi connectivity index (χ1) is 11.9. The van der Waals surface area contributed by atoms with Crippen LogP contribution in [0.5, 0.6) is 0 Å². The molecule has 3 aromatic rings. The molecule has 0 fully saturated rings. The molecule has 0 unspecified atom stereocenters. The molecule has 25 heavy (non-hydrogen) atoms. The summed E-state index contributed by atoms with van der Waals surface area (Å²) in [4.78, 5) is 17.4. The molecule has 0 aliphatic rings. The van der Waals surface area contributed by atoms with Crippen LogP contribution in [0.1, 0.15) is 57.2 Å². The lowest BCUT2D eigenvalue weighted by Crippen LogP contribution is -2.33. The average Bonchev–Trinajstić information content (AvgIpc) is 3.17. The molecule has 0 saturated carbocycles. The number of aromatic nitrogens is 4. The number of carbonyl (C=O) groups is 1. The van der Waals surface area contributed by atoms with Crippen molar-refractivity contribution in [3.8, 4) is 0 Å². The minimum absolute atomic E-state index is 0.0292. The van der Waals surface area contributed by atoms with Crippen LogP contribution in [0.4, 0.5) is 0 Å². The van der Waals surface area contributed by atoms with Crippen molar-refractivity contribution < 1.29 is 4.79 Å². The zero-order chi connectivity index (χ0) is 18.1. The molecule has 0 bridgehead atoms. The summed E-state index contributed by atoms with van der Waals surface area (Å²) >= 11 is 0. The fourth-order valence-electron chi connectivity index (χ4n) is 3.26. The maximum atomic E-state index is 12.7. The van der Waals surface area contributed by atoms with Crippen molar-refractivity contribution in [2.24, 2.45) is 7.05 Å². The van der Waals surface area contributed by atoms with Crippen LogP contribution in [-0.2, 0) is 11.8 Å². The number of rotatable bonds is 5. The third kappa shape index (κ3) is 3.16. The number of nitrogens with zero attached hydrogens (tertiary/aromatic N) is 4. The fraction of sp³-hybridized carbons (Fsp3) is 0.421. The van der Waals surface area contributed by atoms with Crippen molar-refractivity contribution in [2.75, 3.05) is 0 Å². The highest BCUT2D eigenvalue weighted by Crippen LogP contribution is 2.25. The van der Waals surface area contributed by atoms with E-state index in [1.54, 1.807) is 10.9 Å². The van der Waals surface area contributed by atoms with Crippen molar-refractivity contribution in [2.45, 2.75) is 45.7 Å². The molecule has 2 atom stereocenters. The van der Waals surface area contributed by atoms with Crippen LogP contribution in [0, 0.1) is 0 Å². The van der Waals surface area contributed by atoms with Gasteiger partial charge in [0.1, 0.15) is 5.82 Å². The summed E-state index contributed by atoms with van der Waals surface area (Å²) in [6, 6.07) is 10.0. The lowest BCUT2D eigenvalue weighted by molar-refractivity contribution is -0.123. The second kappa shape index (κ2) is 6.70. The summed E-state index contributed by atoms with van der Waals surface area (Å²) in [5, 5.41) is 7.25. The number of benzene rings is 1. The molecule has 2 aromatic heterocycles. The van der Waals surface area contributed by atoms with Crippen molar-refractivity contribution >= 4 is 16.9 Å². The molecular formula is C19H25N5O. The van der Waals surface area contributed by atoms with Crippen molar-refractivity contribution in [1.29, 1.82) is 0 Å². The van der Waals surface area contributed by atoms with Crippen LogP contribution in [0.3, 0.4) is 0 Å². The summed E-state index contributed by atoms with van der Waals surface area (Å²) in [6.45, 7) is 8.13. The highest BCUT2D eigenvalue weighted by atomic mass is 16.2. The van der Waals surface area contributed by atoms with Crippen LogP contribution in [-0.4, -0.2) is 25.2 Å². The highest BCUT2D eigenvalue weighted by Gasteiger charge is 2.24. The zero-order valence-electron chi connectivity index (χ0n) is 15.4. The average molecular weight is 339 g/mol. The molecule has 1 N–H and O–H groups in total. The van der Waals surface area contributed by atoms with Crippen molar-refractivity contribution in [3.05, 3.63) is 48.0 Å². The van der Waals surface area contributed by atoms with E-state index in [4.69, 9.17) is 4.98 Å². The topological polar surface area (TPSA) is 64.7 Å². The summed E-state index contributed by atoms with van der Waals surface area (Å²) in [6.07, 6.45) is 1.71. The van der Waals surface area contributed by atoms with Gasteiger partial charge in [0.25, 0.3) is 0 Å². The molecule has 0 aliphatic heterocycles. The van der Waals surface area contributed by atoms with E-state index in [1.807, 2.05) is 45.2 Å². The molecule has 1 aromatic carbocycles. The Morgan fingerprint density at radius 1 is 1.12 bits per heavy atom. The molecule has 3 rings (SSSR count). The van der Waals surface area contributed by atoms with Gasteiger partial charge >= 0.3 is 0 Å². The Hall–Kier alpha value is -2.63. The van der Waals surface area contributed by atoms with E-state index in [0.717, 1.165) is 22.6 Å². The van der Waals surface area contributed by atoms with Crippen LogP contribution >= 0.6 is 0 Å². The Balaban J connectivity index is 1.87. The van der Waals surface area contributed by atoms with Gasteiger partial charge in [-0.25, -0.2) is 4.98 Å². The van der Waals surface area contributed by atoms with Gasteiger partial charge in [-0.05, 0) is 45.9 Å². The second-order valence-electron chi connectivity index (χ2n) is 6.75. The van der Waals surface area contributed by atoms with E-state index >= 15 is 0 Å². The Bertz CT molecular complexity index is 892. The summed E-state index contributed by atoms with van der Waals surface area (Å²) in [5.74, 6) is 0.576. The normalized spacial score (nSPS) is 14.0. The second-order valence-corrected chi connectivity index (χ2v) is 6.75. The molecular weight excluding hydrogens is 314 g/mol. The van der Waals surface area contributed by atoms with Gasteiger partial charge in [-0.3, -0.25) is 9.48 Å². The lowest BCUT2D eigenvalue weighted by atomic mass is 10.1. The number of fused-ring (bicyclic) bond motifs is 1. The van der Waals surface area contributed by atoms with Gasteiger partial charge in [-0.15, -0.1) is 0 Å². The number of hydrogen-bond donors (Lipinski definition) is 1. The molecule has 1 amide bonds. The number of carbonyl (C=O) groups excluding carboxylic acids is 1. The predicted octanol–water partition coefficient (Wildman–Crippen LogP) is 3.33. The number of imidazole rings is 1. The molecule has 0 aliphatic carbocycles. The maximum Gasteiger partial charge on any atom is 0.229 e. The Morgan fingerprint density at radius 3 is 2.48 bits per heavy atom. The fourth-order valence-corrected chi connectivity index (χ4v) is 3.26. The van der Waals surface area contributed by atoms with Gasteiger partial charge < -0.3 is 9.88 Å². The monoisotopic (exact) mass is 339 g/mol. The van der Waals surface area contributed by atoms with Gasteiger partial charge in [0.15, 0.2) is 0 Å². The molecule has 132 valence electrons. The largest absolute Gasteiger partial charge is 0.346 e. The molecule has 0 spiro atoms. The maximum absolute atomic E-state index is 12.7. The van der Waals surface area contributed by atoms with Crippen LogP contribution in [0.2, 0.25) is 0 Å². The van der Waals surface area contributed by atoms with E-state index in [9.17, 15) is 4.79 Å². The molecule has 0 radical (unpaired) electrons. The van der Waals surface area contributed by atoms with Gasteiger partial charge in [0.2, 0.25) is 5.91 Å². The van der Waals surface area contributed by atoms with E-state index < -0.39 is 0 Å². The zero-order valence-corrected chi connectivity index (χ0v) is 15.4. The SMILES string of the molecule is CC(C)n1c([C@H](C)NC(=O)[C@H](C)c2ccnn2C)nc2ccccc21. The smallest absolute Gasteiger partial charge is 0.229 e. The Labute approximate surface area is 147 Å². The summed E-state index contributed by atoms with van der Waals surface area (Å²) in [7, 11) is 1.85. The number of para-hydroxylation sites is 2. The predicted molar refractivity (Wildman–Crippen MR) is 98.3 cm³/mol. The van der Waals surface area contributed by atoms with E-state index in [2.05, 4.69) is 34.9 Å². The Kier molecular flexibility index (Phi) is 4.61. The minimum Gasteiger partial charge on any atom is -0.346 e. The van der Waals surface area contributed by atoms with Crippen LogP contribution in [0.25, 0.3) is 11.0 Å². The van der Waals surface area contributed by atoms with Gasteiger partial charge in [0.05, 0.1) is 28.7 Å². The van der Waals surface area contributed by atoms with E-state index in [0.29, 0.717) is 0 Å². The van der Waals surface area contributed by atoms with E-state index in [-0.39, 0.29) is 23.9 Å². The third-order valence-corrected chi connectivity index (χ3v) is 4.58. The molecule has 6 nitrogen and oxygen atoms in total. The standard InChI is InChI=1S/C19H25N5O/c1-12(2)24-17-9-7-6-8-15(17)22-18(24)14(4)21-19(25)13(3)16-10-11-20-23(16)5/h6-14H,1-5H3,(H,21,25)/t13-,14+/m1/s1. The first-order valence-electron chi connectivity index (χ1n) is 8.65. The van der Waals surface area contributed by atoms with E-state index in [1.165, 1.54) is 0 Å². The molecule has 2 heterocycles. The first-order valence-corrected chi connectivity index (χ1v) is 8.65. The van der Waals surface area contributed by atoms with Gasteiger partial charge in [0, 0.05) is 19.3 Å². The quantitative estimate of drug-likeness (QED) is 0.775. The lowest BCUT2D eigenvalue weighted by Gasteiger charge is -2.20. The van der Waals surface area contributed by atoms with Crippen LogP contribution in [0.15, 0.2) is 36.5 Å². The highest BCUT2D eigenvalue weighted by molar-refractivity contribution is 5.83. The number of amides is 1. The van der Waals surface area contributed by atoms with Crippen molar-refractivity contribution in [3.63, 3.8) is 0 Å². The summed E-state index contributed by atoms with van der Waals surface area (Å²) < 4.78 is 3.92. The summed E-state index contributed by atoms with van der Waals surface area (Å²) in [5.41, 5.74) is 2.93. The number of aryl methyl sites for hydroxylation is 1. The third-order valence-electron chi connectivity index (χ3n) is 4.58. The van der Waals surface area contributed by atoms with Crippen molar-refractivity contribution in [1.82, 2.24) is 24.6 Å². The van der Waals surface area contributed by atoms with Gasteiger partial charge in [-0.2, -0.15) is 5.10 Å². The molecule has 0 saturated heterocycles. The number of nitrogens with one attached hydrogen (secondary N) is 1. The van der Waals surface area contributed by atoms with Crippen LogP contribution < -0.4 is 5.32 Å². The minimum atomic E-state index is -0.271. The first kappa shape index (κ1) is 17.2. The Morgan fingerprint density at radius 2 is 1.84 bits per heavy atom. The molecule has 6 heteroatoms. The number of hydrogen-bond acceptors (Lipinski definition) is 3. The van der Waals surface area contributed by atoms with Gasteiger partial charge in [-0.1, -0.05) is 12.1 Å².